The third kappa shape index (κ3) is 8.12. The highest BCUT2D eigenvalue weighted by Gasteiger charge is 2.28. The van der Waals surface area contributed by atoms with Gasteiger partial charge in [-0.25, -0.2) is 8.78 Å². The molecule has 0 amide bonds. The average Bonchev–Trinajstić information content (AvgIpc) is 2.00. The Morgan fingerprint density at radius 3 is 2.46 bits per heavy atom. The minimum atomic E-state index is -2.75. The van der Waals surface area contributed by atoms with Crippen LogP contribution in [0.25, 0.3) is 0 Å². The highest BCUT2D eigenvalue weighted by Crippen LogP contribution is 2.12. The molecule has 2 nitrogen and oxygen atoms in total. The zero-order valence-electron chi connectivity index (χ0n) is 8.57. The van der Waals surface area contributed by atoms with Gasteiger partial charge in [0.15, 0.2) is 0 Å². The molecule has 0 saturated carbocycles. The number of rotatable bonds is 7. The minimum Gasteiger partial charge on any atom is -0.375 e. The second-order valence-electron chi connectivity index (χ2n) is 3.55. The lowest BCUT2D eigenvalue weighted by Gasteiger charge is -2.17. The van der Waals surface area contributed by atoms with Crippen molar-refractivity contribution < 1.29 is 13.5 Å². The smallest absolute Gasteiger partial charge is 0.283 e. The van der Waals surface area contributed by atoms with E-state index in [4.69, 9.17) is 4.74 Å². The summed E-state index contributed by atoms with van der Waals surface area (Å²) in [5.74, 6) is -2.44. The first-order valence-corrected chi connectivity index (χ1v) is 4.64. The first-order valence-electron chi connectivity index (χ1n) is 4.64. The minimum absolute atomic E-state index is 0.301. The second-order valence-corrected chi connectivity index (χ2v) is 3.55. The molecule has 0 aromatic heterocycles. The molecule has 0 atom stereocenters. The summed E-state index contributed by atoms with van der Waals surface area (Å²) in [6, 6.07) is 0. The van der Waals surface area contributed by atoms with Crippen LogP contribution in [0.1, 0.15) is 20.8 Å². The third-order valence-electron chi connectivity index (χ3n) is 1.40. The largest absolute Gasteiger partial charge is 0.375 e. The predicted molar refractivity (Wildman–Crippen MR) is 49.1 cm³/mol. The number of halogens is 2. The number of alkyl halides is 2. The molecule has 0 aliphatic heterocycles. The summed E-state index contributed by atoms with van der Waals surface area (Å²) in [4.78, 5) is 0. The molecular formula is C9H19F2NO. The molecule has 0 aliphatic carbocycles. The fourth-order valence-corrected chi connectivity index (χ4v) is 0.803. The van der Waals surface area contributed by atoms with Crippen LogP contribution >= 0.6 is 0 Å². The fraction of sp³-hybridized carbons (Fsp3) is 1.00. The Labute approximate surface area is 78.7 Å². The van der Waals surface area contributed by atoms with Gasteiger partial charge < -0.3 is 10.1 Å². The molecule has 0 rings (SSSR count). The van der Waals surface area contributed by atoms with Crippen LogP contribution in [0.5, 0.6) is 0 Å². The summed E-state index contributed by atoms with van der Waals surface area (Å²) < 4.78 is 30.6. The molecule has 0 aliphatic rings. The maximum atomic E-state index is 12.9. The molecule has 1 N–H and O–H groups in total. The molecule has 0 spiro atoms. The standard InChI is InChI=1S/C9H19F2NO/c1-4-12-6-9(10,11)7-13-5-8(2)3/h8,12H,4-7H2,1-3H3. The van der Waals surface area contributed by atoms with Crippen molar-refractivity contribution in [2.75, 3.05) is 26.3 Å². The van der Waals surface area contributed by atoms with Crippen LogP contribution in [0.15, 0.2) is 0 Å². The quantitative estimate of drug-likeness (QED) is 0.670. The first-order chi connectivity index (χ1) is 5.98. The van der Waals surface area contributed by atoms with Crippen molar-refractivity contribution in [2.24, 2.45) is 5.92 Å². The first kappa shape index (κ1) is 12.8. The third-order valence-corrected chi connectivity index (χ3v) is 1.40. The van der Waals surface area contributed by atoms with Crippen molar-refractivity contribution in [1.82, 2.24) is 5.32 Å². The molecule has 13 heavy (non-hydrogen) atoms. The Bertz CT molecular complexity index is 129. The Hall–Kier alpha value is -0.220. The van der Waals surface area contributed by atoms with Crippen LogP contribution in [0.2, 0.25) is 0 Å². The molecule has 0 fully saturated rings. The maximum absolute atomic E-state index is 12.9. The number of hydrogen-bond acceptors (Lipinski definition) is 2. The van der Waals surface area contributed by atoms with E-state index in [0.29, 0.717) is 19.1 Å². The zero-order valence-corrected chi connectivity index (χ0v) is 8.57. The average molecular weight is 195 g/mol. The van der Waals surface area contributed by atoms with Crippen molar-refractivity contribution in [3.05, 3.63) is 0 Å². The molecule has 4 heteroatoms. The Morgan fingerprint density at radius 1 is 1.38 bits per heavy atom. The Kier molecular flexibility index (Phi) is 6.16. The topological polar surface area (TPSA) is 21.3 Å². The van der Waals surface area contributed by atoms with Crippen molar-refractivity contribution in [2.45, 2.75) is 26.7 Å². The lowest BCUT2D eigenvalue weighted by Crippen LogP contribution is -2.37. The van der Waals surface area contributed by atoms with Crippen LogP contribution in [-0.2, 0) is 4.74 Å². The summed E-state index contributed by atoms with van der Waals surface area (Å²) in [6.45, 7) is 5.82. The lowest BCUT2D eigenvalue weighted by molar-refractivity contribution is -0.0787. The highest BCUT2D eigenvalue weighted by atomic mass is 19.3. The van der Waals surface area contributed by atoms with Gasteiger partial charge in [0.2, 0.25) is 0 Å². The van der Waals surface area contributed by atoms with Crippen molar-refractivity contribution >= 4 is 0 Å². The van der Waals surface area contributed by atoms with Gasteiger partial charge in [-0.15, -0.1) is 0 Å². The molecule has 0 heterocycles. The maximum Gasteiger partial charge on any atom is 0.283 e. The van der Waals surface area contributed by atoms with E-state index in [1.807, 2.05) is 13.8 Å². The van der Waals surface area contributed by atoms with Crippen molar-refractivity contribution in [3.8, 4) is 0 Å². The lowest BCUT2D eigenvalue weighted by atomic mass is 10.2. The van der Waals surface area contributed by atoms with Gasteiger partial charge in [-0.1, -0.05) is 20.8 Å². The number of ether oxygens (including phenoxy) is 1. The summed E-state index contributed by atoms with van der Waals surface area (Å²) in [5.41, 5.74) is 0. The second kappa shape index (κ2) is 6.27. The monoisotopic (exact) mass is 195 g/mol. The van der Waals surface area contributed by atoms with Gasteiger partial charge in [0.05, 0.1) is 6.54 Å². The van der Waals surface area contributed by atoms with Gasteiger partial charge in [-0.05, 0) is 12.5 Å². The van der Waals surface area contributed by atoms with Gasteiger partial charge in [-0.3, -0.25) is 0 Å². The molecule has 0 unspecified atom stereocenters. The molecule has 80 valence electrons. The number of hydrogen-bond donors (Lipinski definition) is 1. The van der Waals surface area contributed by atoms with Gasteiger partial charge in [0, 0.05) is 6.61 Å². The summed E-state index contributed by atoms with van der Waals surface area (Å²) in [6.07, 6.45) is 0. The normalized spacial score (nSPS) is 12.5. The van der Waals surface area contributed by atoms with E-state index in [1.165, 1.54) is 0 Å². The van der Waals surface area contributed by atoms with E-state index in [0.717, 1.165) is 0 Å². The van der Waals surface area contributed by atoms with Gasteiger partial charge in [0.25, 0.3) is 5.92 Å². The van der Waals surface area contributed by atoms with Crippen LogP contribution in [-0.4, -0.2) is 32.2 Å². The van der Waals surface area contributed by atoms with Crippen LogP contribution in [0.3, 0.4) is 0 Å². The summed E-state index contributed by atoms with van der Waals surface area (Å²) >= 11 is 0. The highest BCUT2D eigenvalue weighted by molar-refractivity contribution is 4.68. The van der Waals surface area contributed by atoms with Gasteiger partial charge in [0.1, 0.15) is 6.61 Å². The Morgan fingerprint density at radius 2 is 2.00 bits per heavy atom. The van der Waals surface area contributed by atoms with Crippen LogP contribution in [0.4, 0.5) is 8.78 Å². The van der Waals surface area contributed by atoms with Crippen LogP contribution < -0.4 is 5.32 Å². The fourth-order valence-electron chi connectivity index (χ4n) is 0.803. The van der Waals surface area contributed by atoms with E-state index in [-0.39, 0.29) is 6.54 Å². The molecule has 0 radical (unpaired) electrons. The SMILES string of the molecule is CCNCC(F)(F)COCC(C)C. The molecular weight excluding hydrogens is 176 g/mol. The summed E-state index contributed by atoms with van der Waals surface area (Å²) in [7, 11) is 0. The van der Waals surface area contributed by atoms with Crippen LogP contribution in [0, 0.1) is 5.92 Å². The number of nitrogens with one attached hydrogen (secondary N) is 1. The zero-order chi connectivity index (χ0) is 10.3. The van der Waals surface area contributed by atoms with Crippen molar-refractivity contribution in [3.63, 3.8) is 0 Å². The molecule has 0 bridgehead atoms. The molecule has 0 saturated heterocycles. The predicted octanol–water partition coefficient (Wildman–Crippen LogP) is 1.90. The van der Waals surface area contributed by atoms with Gasteiger partial charge in [-0.2, -0.15) is 0 Å². The summed E-state index contributed by atoms with van der Waals surface area (Å²) in [5, 5.41) is 2.60. The van der Waals surface area contributed by atoms with E-state index < -0.39 is 12.5 Å². The molecule has 0 aromatic rings. The van der Waals surface area contributed by atoms with Crippen molar-refractivity contribution in [1.29, 1.82) is 0 Å². The van der Waals surface area contributed by atoms with E-state index >= 15 is 0 Å². The van der Waals surface area contributed by atoms with E-state index in [2.05, 4.69) is 5.32 Å². The Balaban J connectivity index is 3.50. The van der Waals surface area contributed by atoms with Gasteiger partial charge >= 0.3 is 0 Å². The molecule has 0 aromatic carbocycles. The van der Waals surface area contributed by atoms with E-state index in [1.54, 1.807) is 6.92 Å². The van der Waals surface area contributed by atoms with E-state index in [9.17, 15) is 8.78 Å².